The number of ether oxygens (including phenoxy) is 1. The molecule has 138 valence electrons. The highest BCUT2D eigenvalue weighted by molar-refractivity contribution is 5.84. The molecule has 2 aromatic rings. The van der Waals surface area contributed by atoms with E-state index in [0.29, 0.717) is 24.3 Å². The standard InChI is InChI=1S/C21H25NO4/c1-3-18(15-8-6-5-7-9-15)21(25)22-19(14-20(23)24)16-10-12-17(13-11-16)26-4-2/h5-13,18-19H,3-4,14H2,1-2H3,(H,22,25)(H,23,24)/p-1/t18-,19-/m0/s1. The quantitative estimate of drug-likeness (QED) is 0.751. The first-order valence-corrected chi connectivity index (χ1v) is 8.83. The maximum absolute atomic E-state index is 12.8. The number of nitrogens with one attached hydrogen (secondary N) is 1. The Bertz CT molecular complexity index is 713. The molecule has 0 aliphatic rings. The maximum Gasteiger partial charge on any atom is 0.228 e. The number of rotatable bonds is 9. The topological polar surface area (TPSA) is 78.5 Å². The zero-order chi connectivity index (χ0) is 18.9. The highest BCUT2D eigenvalue weighted by atomic mass is 16.5. The molecule has 5 nitrogen and oxygen atoms in total. The molecule has 0 heterocycles. The molecule has 0 radical (unpaired) electrons. The number of amides is 1. The van der Waals surface area contributed by atoms with Gasteiger partial charge in [-0.1, -0.05) is 49.4 Å². The van der Waals surface area contributed by atoms with Crippen molar-refractivity contribution in [3.8, 4) is 5.75 Å². The average molecular weight is 354 g/mol. The summed E-state index contributed by atoms with van der Waals surface area (Å²) in [5, 5.41) is 14.0. The van der Waals surface area contributed by atoms with Crippen LogP contribution in [0.1, 0.15) is 49.8 Å². The molecule has 0 unspecified atom stereocenters. The highest BCUT2D eigenvalue weighted by Gasteiger charge is 2.22. The molecule has 0 aliphatic heterocycles. The molecule has 0 fully saturated rings. The van der Waals surface area contributed by atoms with Crippen molar-refractivity contribution >= 4 is 11.9 Å². The van der Waals surface area contributed by atoms with Crippen LogP contribution in [0.5, 0.6) is 5.75 Å². The van der Waals surface area contributed by atoms with Crippen molar-refractivity contribution in [2.75, 3.05) is 6.61 Å². The van der Waals surface area contributed by atoms with E-state index in [1.165, 1.54) is 0 Å². The summed E-state index contributed by atoms with van der Waals surface area (Å²) < 4.78 is 5.40. The summed E-state index contributed by atoms with van der Waals surface area (Å²) in [5.41, 5.74) is 1.61. The number of carboxylic acid groups (broad SMARTS) is 1. The van der Waals surface area contributed by atoms with Crippen LogP contribution in [0.15, 0.2) is 54.6 Å². The van der Waals surface area contributed by atoms with Gasteiger partial charge in [0.05, 0.1) is 18.6 Å². The fourth-order valence-corrected chi connectivity index (χ4v) is 2.91. The molecule has 1 N–H and O–H groups in total. The smallest absolute Gasteiger partial charge is 0.228 e. The Morgan fingerprint density at radius 3 is 2.19 bits per heavy atom. The number of hydrogen-bond donors (Lipinski definition) is 1. The molecule has 0 bridgehead atoms. The summed E-state index contributed by atoms with van der Waals surface area (Å²) in [6.45, 7) is 4.37. The highest BCUT2D eigenvalue weighted by Crippen LogP contribution is 2.24. The van der Waals surface area contributed by atoms with Crippen LogP contribution in [0.4, 0.5) is 0 Å². The molecule has 0 spiro atoms. The van der Waals surface area contributed by atoms with E-state index in [-0.39, 0.29) is 18.2 Å². The SMILES string of the molecule is CCOc1ccc([C@H](CC(=O)[O-])NC(=O)[C@@H](CC)c2ccccc2)cc1. The fraction of sp³-hybridized carbons (Fsp3) is 0.333. The van der Waals surface area contributed by atoms with Gasteiger partial charge >= 0.3 is 0 Å². The molecular weight excluding hydrogens is 330 g/mol. The van der Waals surface area contributed by atoms with Gasteiger partial charge in [0.2, 0.25) is 5.91 Å². The molecule has 0 saturated heterocycles. The minimum absolute atomic E-state index is 0.196. The van der Waals surface area contributed by atoms with Gasteiger partial charge in [0.25, 0.3) is 0 Å². The van der Waals surface area contributed by atoms with Crippen LogP contribution in [0, 0.1) is 0 Å². The van der Waals surface area contributed by atoms with Crippen LogP contribution in [0.3, 0.4) is 0 Å². The lowest BCUT2D eigenvalue weighted by Crippen LogP contribution is -2.36. The molecule has 1 amide bonds. The number of benzene rings is 2. The van der Waals surface area contributed by atoms with Crippen molar-refractivity contribution in [2.45, 2.75) is 38.6 Å². The summed E-state index contributed by atoms with van der Waals surface area (Å²) in [6.07, 6.45) is 0.335. The van der Waals surface area contributed by atoms with E-state index in [2.05, 4.69) is 5.32 Å². The second-order valence-electron chi connectivity index (χ2n) is 6.01. The minimum atomic E-state index is -1.21. The van der Waals surface area contributed by atoms with Crippen LogP contribution >= 0.6 is 0 Å². The Hall–Kier alpha value is -2.82. The van der Waals surface area contributed by atoms with Crippen LogP contribution in [0.25, 0.3) is 0 Å². The third-order valence-electron chi connectivity index (χ3n) is 4.21. The number of aliphatic carboxylic acids is 1. The first-order chi connectivity index (χ1) is 12.5. The van der Waals surface area contributed by atoms with Gasteiger partial charge in [0, 0.05) is 12.4 Å². The molecular formula is C21H24NO4-. The van der Waals surface area contributed by atoms with E-state index >= 15 is 0 Å². The number of hydrogen-bond acceptors (Lipinski definition) is 4. The number of carbonyl (C=O) groups is 2. The van der Waals surface area contributed by atoms with Gasteiger partial charge in [-0.3, -0.25) is 4.79 Å². The third kappa shape index (κ3) is 5.34. The predicted octanol–water partition coefficient (Wildman–Crippen LogP) is 2.58. The summed E-state index contributed by atoms with van der Waals surface area (Å²) in [7, 11) is 0. The van der Waals surface area contributed by atoms with Crippen LogP contribution in [-0.4, -0.2) is 18.5 Å². The molecule has 2 atom stereocenters. The van der Waals surface area contributed by atoms with Crippen LogP contribution in [0.2, 0.25) is 0 Å². The minimum Gasteiger partial charge on any atom is -0.550 e. The van der Waals surface area contributed by atoms with Gasteiger partial charge in [0.1, 0.15) is 5.75 Å². The zero-order valence-corrected chi connectivity index (χ0v) is 15.1. The lowest BCUT2D eigenvalue weighted by molar-refractivity contribution is -0.306. The Morgan fingerprint density at radius 2 is 1.65 bits per heavy atom. The monoisotopic (exact) mass is 354 g/mol. The van der Waals surface area contributed by atoms with Gasteiger partial charge in [-0.25, -0.2) is 0 Å². The lowest BCUT2D eigenvalue weighted by atomic mass is 9.94. The Kier molecular flexibility index (Phi) is 7.21. The molecule has 0 aromatic heterocycles. The number of carbonyl (C=O) groups excluding carboxylic acids is 2. The van der Waals surface area contributed by atoms with Gasteiger partial charge in [-0.15, -0.1) is 0 Å². The lowest BCUT2D eigenvalue weighted by Gasteiger charge is -2.23. The summed E-state index contributed by atoms with van der Waals surface area (Å²) >= 11 is 0. The van der Waals surface area contributed by atoms with Crippen molar-refractivity contribution in [2.24, 2.45) is 0 Å². The molecule has 2 rings (SSSR count). The van der Waals surface area contributed by atoms with Gasteiger partial charge in [0.15, 0.2) is 0 Å². The fourth-order valence-electron chi connectivity index (χ4n) is 2.91. The zero-order valence-electron chi connectivity index (χ0n) is 15.1. The summed E-state index contributed by atoms with van der Waals surface area (Å²) in [4.78, 5) is 23.9. The largest absolute Gasteiger partial charge is 0.550 e. The summed E-state index contributed by atoms with van der Waals surface area (Å²) in [6, 6.07) is 15.9. The normalized spacial score (nSPS) is 12.8. The van der Waals surface area contributed by atoms with E-state index in [1.807, 2.05) is 44.2 Å². The molecule has 0 saturated carbocycles. The van der Waals surface area contributed by atoms with E-state index < -0.39 is 12.0 Å². The van der Waals surface area contributed by atoms with E-state index in [9.17, 15) is 14.7 Å². The van der Waals surface area contributed by atoms with Crippen LogP contribution in [-0.2, 0) is 9.59 Å². The Morgan fingerprint density at radius 1 is 1.00 bits per heavy atom. The van der Waals surface area contributed by atoms with Crippen molar-refractivity contribution in [1.82, 2.24) is 5.32 Å². The maximum atomic E-state index is 12.8. The molecule has 2 aromatic carbocycles. The van der Waals surface area contributed by atoms with E-state index in [0.717, 1.165) is 5.56 Å². The Labute approximate surface area is 154 Å². The van der Waals surface area contributed by atoms with Crippen LogP contribution < -0.4 is 15.2 Å². The molecule has 5 heteroatoms. The van der Waals surface area contributed by atoms with Gasteiger partial charge in [-0.05, 0) is 36.6 Å². The predicted molar refractivity (Wildman–Crippen MR) is 97.6 cm³/mol. The van der Waals surface area contributed by atoms with Gasteiger partial charge < -0.3 is 20.0 Å². The first kappa shape index (κ1) is 19.5. The second kappa shape index (κ2) is 9.61. The van der Waals surface area contributed by atoms with Crippen molar-refractivity contribution in [3.63, 3.8) is 0 Å². The first-order valence-electron chi connectivity index (χ1n) is 8.83. The number of carboxylic acids is 1. The van der Waals surface area contributed by atoms with Crippen molar-refractivity contribution in [1.29, 1.82) is 0 Å². The third-order valence-corrected chi connectivity index (χ3v) is 4.21. The molecule has 26 heavy (non-hydrogen) atoms. The second-order valence-corrected chi connectivity index (χ2v) is 6.01. The Balaban J connectivity index is 2.18. The van der Waals surface area contributed by atoms with Crippen molar-refractivity contribution < 1.29 is 19.4 Å². The summed E-state index contributed by atoms with van der Waals surface area (Å²) in [5.74, 6) is -1.04. The van der Waals surface area contributed by atoms with E-state index in [1.54, 1.807) is 24.3 Å². The van der Waals surface area contributed by atoms with Gasteiger partial charge in [-0.2, -0.15) is 0 Å². The van der Waals surface area contributed by atoms with Crippen molar-refractivity contribution in [3.05, 3.63) is 65.7 Å². The molecule has 0 aliphatic carbocycles. The van der Waals surface area contributed by atoms with E-state index in [4.69, 9.17) is 4.74 Å². The average Bonchev–Trinajstić information content (AvgIpc) is 2.63.